The number of anilines is 1. The van der Waals surface area contributed by atoms with Crippen molar-refractivity contribution >= 4 is 39.2 Å². The summed E-state index contributed by atoms with van der Waals surface area (Å²) in [4.78, 5) is 15.1. The molecule has 0 saturated heterocycles. The second-order valence-electron chi connectivity index (χ2n) is 8.21. The van der Waals surface area contributed by atoms with E-state index in [9.17, 15) is 4.79 Å². The zero-order chi connectivity index (χ0) is 22.7. The third-order valence-electron chi connectivity index (χ3n) is 5.31. The first-order valence-corrected chi connectivity index (χ1v) is 11.4. The van der Waals surface area contributed by atoms with E-state index in [1.807, 2.05) is 77.7 Å². The van der Waals surface area contributed by atoms with Crippen LogP contribution in [0.1, 0.15) is 30.5 Å². The fraction of sp³-hybridized carbons (Fsp3) is 0.222. The van der Waals surface area contributed by atoms with E-state index in [4.69, 9.17) is 9.47 Å². The normalized spacial score (nSPS) is 14.2. The summed E-state index contributed by atoms with van der Waals surface area (Å²) in [6.07, 6.45) is 1.93. The fourth-order valence-electron chi connectivity index (χ4n) is 3.79. The Morgan fingerprint density at radius 3 is 2.47 bits per heavy atom. The van der Waals surface area contributed by atoms with E-state index in [1.54, 1.807) is 7.11 Å². The average Bonchev–Trinajstić information content (AvgIpc) is 3.04. The molecule has 0 aromatic heterocycles. The van der Waals surface area contributed by atoms with Crippen LogP contribution < -0.4 is 14.4 Å². The summed E-state index contributed by atoms with van der Waals surface area (Å²) in [5.41, 5.74) is 4.60. The highest BCUT2D eigenvalue weighted by Gasteiger charge is 2.32. The molecule has 0 spiro atoms. The van der Waals surface area contributed by atoms with Crippen LogP contribution in [0.15, 0.2) is 71.2 Å². The van der Waals surface area contributed by atoms with Crippen molar-refractivity contribution in [2.45, 2.75) is 20.5 Å². The highest BCUT2D eigenvalue weighted by molar-refractivity contribution is 9.10. The minimum absolute atomic E-state index is 0.0365. The van der Waals surface area contributed by atoms with Crippen molar-refractivity contribution in [3.05, 3.63) is 87.9 Å². The van der Waals surface area contributed by atoms with Crippen LogP contribution in [-0.4, -0.2) is 19.6 Å². The molecule has 0 aliphatic carbocycles. The number of hydrogen-bond donors (Lipinski definition) is 0. The van der Waals surface area contributed by atoms with E-state index >= 15 is 0 Å². The van der Waals surface area contributed by atoms with Crippen molar-refractivity contribution in [3.63, 3.8) is 0 Å². The first-order valence-electron chi connectivity index (χ1n) is 10.6. The largest absolute Gasteiger partial charge is 0.493 e. The molecule has 1 aliphatic heterocycles. The molecule has 0 bridgehead atoms. The second-order valence-corrected chi connectivity index (χ2v) is 9.13. The lowest BCUT2D eigenvalue weighted by Crippen LogP contribution is -2.30. The van der Waals surface area contributed by atoms with Gasteiger partial charge in [-0.3, -0.25) is 4.79 Å². The first-order chi connectivity index (χ1) is 15.5. The van der Waals surface area contributed by atoms with Crippen molar-refractivity contribution in [2.24, 2.45) is 5.92 Å². The molecule has 4 nitrogen and oxygen atoms in total. The molecule has 0 saturated carbocycles. The van der Waals surface area contributed by atoms with Gasteiger partial charge in [-0.05, 0) is 53.5 Å². The second kappa shape index (κ2) is 9.61. The highest BCUT2D eigenvalue weighted by Crippen LogP contribution is 2.39. The molecule has 1 amide bonds. The lowest BCUT2D eigenvalue weighted by molar-refractivity contribution is -0.113. The summed E-state index contributed by atoms with van der Waals surface area (Å²) < 4.78 is 12.6. The minimum atomic E-state index is 0.0365. The quantitative estimate of drug-likeness (QED) is 0.350. The molecule has 32 heavy (non-hydrogen) atoms. The number of para-hydroxylation sites is 1. The van der Waals surface area contributed by atoms with Gasteiger partial charge in [0.25, 0.3) is 5.91 Å². The van der Waals surface area contributed by atoms with Gasteiger partial charge in [-0.25, -0.2) is 0 Å². The molecule has 0 N–H and O–H groups in total. The molecule has 3 aromatic carbocycles. The van der Waals surface area contributed by atoms with Gasteiger partial charge >= 0.3 is 0 Å². The number of fused-ring (bicyclic) bond motifs is 1. The summed E-state index contributed by atoms with van der Waals surface area (Å²) in [5.74, 6) is 1.72. The van der Waals surface area contributed by atoms with Crippen LogP contribution in [-0.2, 0) is 11.4 Å². The average molecular weight is 492 g/mol. The number of carbonyl (C=O) groups excluding carboxylic acids is 1. The first kappa shape index (κ1) is 22.2. The number of carbonyl (C=O) groups is 1. The number of methoxy groups -OCH3 is 1. The van der Waals surface area contributed by atoms with E-state index in [0.717, 1.165) is 26.9 Å². The minimum Gasteiger partial charge on any atom is -0.493 e. The molecule has 0 radical (unpaired) electrons. The Morgan fingerprint density at radius 1 is 1.00 bits per heavy atom. The maximum absolute atomic E-state index is 13.2. The van der Waals surface area contributed by atoms with Crippen LogP contribution in [0.3, 0.4) is 0 Å². The Bertz CT molecular complexity index is 1150. The highest BCUT2D eigenvalue weighted by atomic mass is 79.9. The molecule has 0 fully saturated rings. The molecule has 164 valence electrons. The van der Waals surface area contributed by atoms with Gasteiger partial charge in [0.05, 0.1) is 12.8 Å². The van der Waals surface area contributed by atoms with E-state index in [1.165, 1.54) is 0 Å². The molecule has 0 unspecified atom stereocenters. The Balaban J connectivity index is 1.60. The summed E-state index contributed by atoms with van der Waals surface area (Å²) in [6, 6.07) is 21.7. The van der Waals surface area contributed by atoms with Crippen LogP contribution >= 0.6 is 15.9 Å². The maximum Gasteiger partial charge on any atom is 0.259 e. The lowest BCUT2D eigenvalue weighted by atomic mass is 10.0. The van der Waals surface area contributed by atoms with Crippen LogP contribution in [0.4, 0.5) is 5.69 Å². The van der Waals surface area contributed by atoms with Crippen LogP contribution in [0, 0.1) is 5.92 Å². The van der Waals surface area contributed by atoms with Gasteiger partial charge in [0.1, 0.15) is 6.61 Å². The standard InChI is InChI=1S/C27H26BrNO3/c1-18(2)16-29-24-7-5-4-6-22(24)23(27(29)30)14-20-10-13-25(26(15-20)31-3)32-17-19-8-11-21(28)12-9-19/h4-15,18H,16-17H2,1-3H3/b23-14-. The van der Waals surface area contributed by atoms with Crippen LogP contribution in [0.2, 0.25) is 0 Å². The molecule has 0 atom stereocenters. The summed E-state index contributed by atoms with van der Waals surface area (Å²) in [5, 5.41) is 0. The van der Waals surface area contributed by atoms with Crippen molar-refractivity contribution < 1.29 is 14.3 Å². The van der Waals surface area contributed by atoms with Gasteiger partial charge in [0.2, 0.25) is 0 Å². The monoisotopic (exact) mass is 491 g/mol. The number of amides is 1. The molecular weight excluding hydrogens is 466 g/mol. The lowest BCUT2D eigenvalue weighted by Gasteiger charge is -2.19. The van der Waals surface area contributed by atoms with Crippen molar-refractivity contribution in [2.75, 3.05) is 18.6 Å². The zero-order valence-electron chi connectivity index (χ0n) is 18.5. The number of benzene rings is 3. The fourth-order valence-corrected chi connectivity index (χ4v) is 4.06. The number of hydrogen-bond acceptors (Lipinski definition) is 3. The molecular formula is C27H26BrNO3. The Kier molecular flexibility index (Phi) is 6.66. The van der Waals surface area contributed by atoms with E-state index < -0.39 is 0 Å². The SMILES string of the molecule is COc1cc(/C=C2\C(=O)N(CC(C)C)c3ccccc32)ccc1OCc1ccc(Br)cc1. The van der Waals surface area contributed by atoms with Crippen molar-refractivity contribution in [3.8, 4) is 11.5 Å². The van der Waals surface area contributed by atoms with E-state index in [0.29, 0.717) is 36.1 Å². The van der Waals surface area contributed by atoms with Crippen molar-refractivity contribution in [1.82, 2.24) is 0 Å². The third-order valence-corrected chi connectivity index (χ3v) is 5.84. The molecule has 5 heteroatoms. The summed E-state index contributed by atoms with van der Waals surface area (Å²) >= 11 is 3.44. The van der Waals surface area contributed by atoms with Crippen LogP contribution in [0.5, 0.6) is 11.5 Å². The van der Waals surface area contributed by atoms with Gasteiger partial charge in [-0.2, -0.15) is 0 Å². The summed E-state index contributed by atoms with van der Waals surface area (Å²) in [7, 11) is 1.62. The van der Waals surface area contributed by atoms with Crippen molar-refractivity contribution in [1.29, 1.82) is 0 Å². The Labute approximate surface area is 197 Å². The zero-order valence-corrected chi connectivity index (χ0v) is 20.1. The molecule has 4 rings (SSSR count). The van der Waals surface area contributed by atoms with Crippen LogP contribution in [0.25, 0.3) is 11.6 Å². The maximum atomic E-state index is 13.2. The number of nitrogens with zero attached hydrogens (tertiary/aromatic N) is 1. The third kappa shape index (κ3) is 4.73. The van der Waals surface area contributed by atoms with Gasteiger partial charge in [-0.15, -0.1) is 0 Å². The number of rotatable bonds is 7. The molecule has 1 aliphatic rings. The Morgan fingerprint density at radius 2 is 1.75 bits per heavy atom. The molecule has 3 aromatic rings. The predicted molar refractivity (Wildman–Crippen MR) is 133 cm³/mol. The van der Waals surface area contributed by atoms with Gasteiger partial charge in [0, 0.05) is 22.2 Å². The molecule has 1 heterocycles. The van der Waals surface area contributed by atoms with E-state index in [2.05, 4.69) is 29.8 Å². The smallest absolute Gasteiger partial charge is 0.259 e. The predicted octanol–water partition coefficient (Wildman–Crippen LogP) is 6.58. The van der Waals surface area contributed by atoms with Gasteiger partial charge in [-0.1, -0.05) is 66.2 Å². The van der Waals surface area contributed by atoms with Gasteiger partial charge in [0.15, 0.2) is 11.5 Å². The van der Waals surface area contributed by atoms with Gasteiger partial charge < -0.3 is 14.4 Å². The Hall–Kier alpha value is -3.05. The number of ether oxygens (including phenoxy) is 2. The number of halogens is 1. The van der Waals surface area contributed by atoms with E-state index in [-0.39, 0.29) is 5.91 Å². The summed E-state index contributed by atoms with van der Waals surface area (Å²) in [6.45, 7) is 5.38. The topological polar surface area (TPSA) is 38.8 Å².